The highest BCUT2D eigenvalue weighted by Crippen LogP contribution is 2.70. The van der Waals surface area contributed by atoms with Gasteiger partial charge >= 0.3 is 0 Å². The van der Waals surface area contributed by atoms with Crippen molar-refractivity contribution in [3.63, 3.8) is 0 Å². The van der Waals surface area contributed by atoms with Crippen molar-refractivity contribution in [3.05, 3.63) is 34.3 Å². The topological polar surface area (TPSA) is 0 Å². The smallest absolute Gasteiger partial charge is 0.128 e. The molecule has 4 saturated carbocycles. The number of hydrogen-bond donors (Lipinski definition) is 0. The first-order valence-electron chi connectivity index (χ1n) is 9.23. The third-order valence-electron chi connectivity index (χ3n) is 6.65. The third kappa shape index (κ3) is 2.60. The predicted octanol–water partition coefficient (Wildman–Crippen LogP) is 6.19. The second-order valence-electron chi connectivity index (χ2n) is 8.27. The van der Waals surface area contributed by atoms with Crippen molar-refractivity contribution in [2.75, 3.05) is 11.5 Å². The first-order valence-corrected chi connectivity index (χ1v) is 12.0. The fourth-order valence-corrected chi connectivity index (χ4v) is 9.82. The fraction of sp³-hybridized carbons (Fsp3) is 0.619. The number of benzene rings is 1. The summed E-state index contributed by atoms with van der Waals surface area (Å²) in [6, 6.07) is 8.51. The molecular formula is C21H23BrS2. The Kier molecular flexibility index (Phi) is 4.04. The van der Waals surface area contributed by atoms with E-state index in [-0.39, 0.29) is 4.08 Å². The molecule has 126 valence electrons. The Labute approximate surface area is 162 Å². The van der Waals surface area contributed by atoms with Crippen LogP contribution in [0.2, 0.25) is 0 Å². The zero-order valence-electron chi connectivity index (χ0n) is 13.9. The van der Waals surface area contributed by atoms with Crippen molar-refractivity contribution in [2.24, 2.45) is 23.2 Å². The molecule has 24 heavy (non-hydrogen) atoms. The van der Waals surface area contributed by atoms with Crippen molar-refractivity contribution >= 4 is 39.5 Å². The Morgan fingerprint density at radius 2 is 1.42 bits per heavy atom. The molecule has 5 aliphatic rings. The normalized spacial score (nSPS) is 38.8. The summed E-state index contributed by atoms with van der Waals surface area (Å²) in [7, 11) is 0. The van der Waals surface area contributed by atoms with E-state index in [0.29, 0.717) is 5.41 Å². The van der Waals surface area contributed by atoms with Crippen LogP contribution in [0.3, 0.4) is 0 Å². The molecule has 0 unspecified atom stereocenters. The van der Waals surface area contributed by atoms with E-state index in [0.717, 1.165) is 27.8 Å². The van der Waals surface area contributed by atoms with Crippen molar-refractivity contribution in [2.45, 2.75) is 42.6 Å². The summed E-state index contributed by atoms with van der Waals surface area (Å²) in [5, 5.41) is 0. The molecule has 1 aromatic carbocycles. The monoisotopic (exact) mass is 418 g/mol. The second-order valence-corrected chi connectivity index (χ2v) is 12.1. The molecule has 5 fully saturated rings. The molecule has 0 atom stereocenters. The highest BCUT2D eigenvalue weighted by atomic mass is 79.9. The van der Waals surface area contributed by atoms with E-state index in [4.69, 9.17) is 0 Å². The molecule has 6 rings (SSSR count). The van der Waals surface area contributed by atoms with E-state index < -0.39 is 0 Å². The van der Waals surface area contributed by atoms with Gasteiger partial charge in [-0.3, -0.25) is 0 Å². The summed E-state index contributed by atoms with van der Waals surface area (Å²) < 4.78 is 1.30. The van der Waals surface area contributed by atoms with E-state index in [2.05, 4.69) is 75.6 Å². The van der Waals surface area contributed by atoms with E-state index >= 15 is 0 Å². The number of rotatable bonds is 1. The first-order chi connectivity index (χ1) is 11.7. The van der Waals surface area contributed by atoms with Crippen LogP contribution in [-0.2, 0) is 0 Å². The van der Waals surface area contributed by atoms with Gasteiger partial charge < -0.3 is 0 Å². The van der Waals surface area contributed by atoms with Gasteiger partial charge in [0.2, 0.25) is 0 Å². The van der Waals surface area contributed by atoms with Gasteiger partial charge in [-0.05, 0) is 80.5 Å². The summed E-state index contributed by atoms with van der Waals surface area (Å²) in [4.78, 5) is 0. The highest BCUT2D eigenvalue weighted by Gasteiger charge is 2.61. The lowest BCUT2D eigenvalue weighted by molar-refractivity contribution is -0.0510. The van der Waals surface area contributed by atoms with Gasteiger partial charge in [0.25, 0.3) is 0 Å². The minimum atomic E-state index is 0.163. The number of halogens is 1. The molecule has 1 saturated heterocycles. The van der Waals surface area contributed by atoms with Crippen molar-refractivity contribution in [1.29, 1.82) is 0 Å². The minimum absolute atomic E-state index is 0.163. The lowest BCUT2D eigenvalue weighted by Crippen LogP contribution is -2.54. The number of thioether (sulfide) groups is 2. The van der Waals surface area contributed by atoms with Crippen molar-refractivity contribution < 1.29 is 0 Å². The van der Waals surface area contributed by atoms with E-state index in [1.54, 1.807) is 0 Å². The van der Waals surface area contributed by atoms with Gasteiger partial charge in [0.15, 0.2) is 0 Å². The van der Waals surface area contributed by atoms with E-state index in [9.17, 15) is 0 Å². The Balaban J connectivity index is 1.52. The quantitative estimate of drug-likeness (QED) is 0.498. The molecule has 3 heteroatoms. The van der Waals surface area contributed by atoms with Crippen LogP contribution in [0.4, 0.5) is 0 Å². The standard InChI is InChI=1S/C21H23BrS2/c22-19-3-1-15(2-4-19)5-6-21(23-7-8-24-21)20-12-16-9-17(13-20)11-18(10-16)14-20/h1-4,16-18H,7-14H2. The molecule has 0 N–H and O–H groups in total. The average molecular weight is 419 g/mol. The zero-order chi connectivity index (χ0) is 16.2. The molecule has 4 aliphatic carbocycles. The molecule has 4 bridgehead atoms. The SMILES string of the molecule is Brc1ccc(C#CC2(C34CC5CC(CC(C5)C3)C4)SCCS2)cc1. The number of hydrogen-bond acceptors (Lipinski definition) is 2. The maximum absolute atomic E-state index is 3.85. The minimum Gasteiger partial charge on any atom is -0.130 e. The highest BCUT2D eigenvalue weighted by molar-refractivity contribution is 9.10. The lowest BCUT2D eigenvalue weighted by Gasteiger charge is -2.61. The molecule has 0 aromatic heterocycles. The van der Waals surface area contributed by atoms with Crippen LogP contribution in [0.5, 0.6) is 0 Å². The summed E-state index contributed by atoms with van der Waals surface area (Å²) in [6.45, 7) is 0. The van der Waals surface area contributed by atoms with Crippen LogP contribution in [-0.4, -0.2) is 15.6 Å². The van der Waals surface area contributed by atoms with Gasteiger partial charge in [-0.15, -0.1) is 23.5 Å². The van der Waals surface area contributed by atoms with Gasteiger partial charge in [0.05, 0.1) is 0 Å². The zero-order valence-corrected chi connectivity index (χ0v) is 17.1. The summed E-state index contributed by atoms with van der Waals surface area (Å²) >= 11 is 7.89. The van der Waals surface area contributed by atoms with Gasteiger partial charge in [0, 0.05) is 27.0 Å². The molecule has 0 radical (unpaired) electrons. The summed E-state index contributed by atoms with van der Waals surface area (Å²) in [5.41, 5.74) is 1.66. The Hall–Kier alpha value is -0.0400. The Morgan fingerprint density at radius 1 is 0.875 bits per heavy atom. The summed E-state index contributed by atoms with van der Waals surface area (Å²) in [5.74, 6) is 13.0. The van der Waals surface area contributed by atoms with Gasteiger partial charge in [-0.25, -0.2) is 0 Å². The Morgan fingerprint density at radius 3 is 1.96 bits per heavy atom. The van der Waals surface area contributed by atoms with Gasteiger partial charge in [-0.2, -0.15) is 0 Å². The maximum Gasteiger partial charge on any atom is 0.128 e. The van der Waals surface area contributed by atoms with Crippen molar-refractivity contribution in [3.8, 4) is 11.8 Å². The third-order valence-corrected chi connectivity index (χ3v) is 10.8. The molecule has 0 nitrogen and oxygen atoms in total. The van der Waals surface area contributed by atoms with Crippen LogP contribution >= 0.6 is 39.5 Å². The molecule has 0 spiro atoms. The molecule has 1 aliphatic heterocycles. The largest absolute Gasteiger partial charge is 0.130 e. The van der Waals surface area contributed by atoms with Crippen LogP contribution in [0.1, 0.15) is 44.1 Å². The fourth-order valence-electron chi connectivity index (χ4n) is 6.12. The van der Waals surface area contributed by atoms with E-state index in [1.807, 2.05) is 0 Å². The molecule has 1 aromatic rings. The molecular weight excluding hydrogens is 396 g/mol. The van der Waals surface area contributed by atoms with Crippen LogP contribution in [0.15, 0.2) is 28.7 Å². The Bertz CT molecular complexity index is 656. The van der Waals surface area contributed by atoms with Crippen molar-refractivity contribution in [1.82, 2.24) is 0 Å². The van der Waals surface area contributed by atoms with Crippen LogP contribution in [0, 0.1) is 35.0 Å². The lowest BCUT2D eigenvalue weighted by atomic mass is 9.48. The van der Waals surface area contributed by atoms with Crippen LogP contribution in [0.25, 0.3) is 0 Å². The van der Waals surface area contributed by atoms with Gasteiger partial charge in [0.1, 0.15) is 4.08 Å². The van der Waals surface area contributed by atoms with E-state index in [1.165, 1.54) is 50.0 Å². The second kappa shape index (κ2) is 6.00. The molecule has 1 heterocycles. The average Bonchev–Trinajstić information content (AvgIpc) is 3.04. The van der Waals surface area contributed by atoms with Gasteiger partial charge in [-0.1, -0.05) is 27.8 Å². The molecule has 0 amide bonds. The van der Waals surface area contributed by atoms with Crippen LogP contribution < -0.4 is 0 Å². The summed E-state index contributed by atoms with van der Waals surface area (Å²) in [6.07, 6.45) is 8.91. The first kappa shape index (κ1) is 16.2. The maximum atomic E-state index is 3.85. The predicted molar refractivity (Wildman–Crippen MR) is 109 cm³/mol.